The summed E-state index contributed by atoms with van der Waals surface area (Å²) < 4.78 is 26.9. The largest absolute Gasteiger partial charge is 0.383 e. The van der Waals surface area contributed by atoms with Gasteiger partial charge >= 0.3 is 0 Å². The zero-order valence-electron chi connectivity index (χ0n) is 11.2. The van der Waals surface area contributed by atoms with Gasteiger partial charge in [-0.05, 0) is 23.6 Å². The van der Waals surface area contributed by atoms with Gasteiger partial charge in [-0.3, -0.25) is 0 Å². The number of aromatic nitrogens is 1. The molecule has 0 aliphatic heterocycles. The van der Waals surface area contributed by atoms with Crippen LogP contribution >= 0.6 is 0 Å². The van der Waals surface area contributed by atoms with Gasteiger partial charge in [-0.2, -0.15) is 0 Å². The van der Waals surface area contributed by atoms with Crippen LogP contribution in [0.3, 0.4) is 0 Å². The van der Waals surface area contributed by atoms with Gasteiger partial charge < -0.3 is 5.73 Å². The minimum Gasteiger partial charge on any atom is -0.383 e. The van der Waals surface area contributed by atoms with Crippen molar-refractivity contribution in [2.75, 3.05) is 12.3 Å². The SMILES string of the molecule is CC(CNS(=O)(=O)c1cccnc1N)c1ccccc1. The maximum absolute atomic E-state index is 12.2. The van der Waals surface area contributed by atoms with E-state index in [0.717, 1.165) is 5.56 Å². The second-order valence-corrected chi connectivity index (χ2v) is 6.29. The van der Waals surface area contributed by atoms with Gasteiger partial charge in [-0.25, -0.2) is 18.1 Å². The number of hydrogen-bond acceptors (Lipinski definition) is 4. The number of nitrogens with two attached hydrogens (primary N) is 1. The van der Waals surface area contributed by atoms with E-state index in [1.807, 2.05) is 37.3 Å². The minimum absolute atomic E-state index is 0.00682. The van der Waals surface area contributed by atoms with Crippen molar-refractivity contribution >= 4 is 15.8 Å². The molecule has 1 aromatic carbocycles. The quantitative estimate of drug-likeness (QED) is 0.878. The summed E-state index contributed by atoms with van der Waals surface area (Å²) in [5.74, 6) is 0.0798. The molecule has 3 N–H and O–H groups in total. The van der Waals surface area contributed by atoms with Crippen molar-refractivity contribution in [2.45, 2.75) is 17.7 Å². The van der Waals surface area contributed by atoms with Crippen LogP contribution in [0, 0.1) is 0 Å². The molecule has 5 nitrogen and oxygen atoms in total. The Morgan fingerprint density at radius 2 is 1.90 bits per heavy atom. The predicted molar refractivity (Wildman–Crippen MR) is 78.7 cm³/mol. The van der Waals surface area contributed by atoms with Gasteiger partial charge in [0.1, 0.15) is 10.7 Å². The van der Waals surface area contributed by atoms with E-state index in [9.17, 15) is 8.42 Å². The first-order valence-electron chi connectivity index (χ1n) is 6.26. The van der Waals surface area contributed by atoms with Crippen molar-refractivity contribution in [3.8, 4) is 0 Å². The van der Waals surface area contributed by atoms with Gasteiger partial charge in [0.2, 0.25) is 10.0 Å². The molecule has 0 saturated carbocycles. The Labute approximate surface area is 118 Å². The van der Waals surface area contributed by atoms with Crippen LogP contribution in [0.15, 0.2) is 53.6 Å². The van der Waals surface area contributed by atoms with Gasteiger partial charge in [0, 0.05) is 12.7 Å². The standard InChI is InChI=1S/C14H17N3O2S/c1-11(12-6-3-2-4-7-12)10-17-20(18,19)13-8-5-9-16-14(13)15/h2-9,11,17H,10H2,1H3,(H2,15,16). The van der Waals surface area contributed by atoms with Crippen molar-refractivity contribution < 1.29 is 8.42 Å². The second-order valence-electron chi connectivity index (χ2n) is 4.55. The lowest BCUT2D eigenvalue weighted by molar-refractivity contribution is 0.575. The molecule has 1 aromatic heterocycles. The molecule has 6 heteroatoms. The molecule has 2 rings (SSSR count). The third-order valence-corrected chi connectivity index (χ3v) is 4.51. The van der Waals surface area contributed by atoms with E-state index in [0.29, 0.717) is 6.54 Å². The molecular formula is C14H17N3O2S. The van der Waals surface area contributed by atoms with Crippen LogP contribution in [0.1, 0.15) is 18.4 Å². The van der Waals surface area contributed by atoms with Crippen LogP contribution in [-0.2, 0) is 10.0 Å². The van der Waals surface area contributed by atoms with Crippen molar-refractivity contribution in [1.82, 2.24) is 9.71 Å². The van der Waals surface area contributed by atoms with Crippen LogP contribution in [-0.4, -0.2) is 19.9 Å². The maximum atomic E-state index is 12.2. The third kappa shape index (κ3) is 3.34. The lowest BCUT2D eigenvalue weighted by Gasteiger charge is -2.13. The van der Waals surface area contributed by atoms with E-state index in [-0.39, 0.29) is 16.6 Å². The van der Waals surface area contributed by atoms with E-state index >= 15 is 0 Å². The number of benzene rings is 1. The van der Waals surface area contributed by atoms with Gasteiger partial charge in [0.25, 0.3) is 0 Å². The summed E-state index contributed by atoms with van der Waals surface area (Å²) in [5.41, 5.74) is 6.67. The maximum Gasteiger partial charge on any atom is 0.244 e. The summed E-state index contributed by atoms with van der Waals surface area (Å²) in [4.78, 5) is 3.80. The number of nitrogen functional groups attached to an aromatic ring is 1. The summed E-state index contributed by atoms with van der Waals surface area (Å²) in [5, 5.41) is 0. The highest BCUT2D eigenvalue weighted by Crippen LogP contribution is 2.17. The predicted octanol–water partition coefficient (Wildman–Crippen LogP) is 1.75. The topological polar surface area (TPSA) is 85.1 Å². The van der Waals surface area contributed by atoms with Crippen molar-refractivity contribution in [3.05, 3.63) is 54.2 Å². The fraction of sp³-hybridized carbons (Fsp3) is 0.214. The van der Waals surface area contributed by atoms with Crippen LogP contribution < -0.4 is 10.5 Å². The molecule has 0 spiro atoms. The average Bonchev–Trinajstić information content (AvgIpc) is 2.46. The van der Waals surface area contributed by atoms with Gasteiger partial charge in [0.05, 0.1) is 0 Å². The number of nitrogens with one attached hydrogen (secondary N) is 1. The number of rotatable bonds is 5. The number of nitrogens with zero attached hydrogens (tertiary/aromatic N) is 1. The monoisotopic (exact) mass is 291 g/mol. The smallest absolute Gasteiger partial charge is 0.244 e. The lowest BCUT2D eigenvalue weighted by Crippen LogP contribution is -2.28. The van der Waals surface area contributed by atoms with Crippen LogP contribution in [0.5, 0.6) is 0 Å². The molecule has 1 heterocycles. The summed E-state index contributed by atoms with van der Waals surface area (Å²) >= 11 is 0. The molecule has 0 amide bonds. The lowest BCUT2D eigenvalue weighted by atomic mass is 10.0. The van der Waals surface area contributed by atoms with Crippen molar-refractivity contribution in [1.29, 1.82) is 0 Å². The minimum atomic E-state index is -3.63. The highest BCUT2D eigenvalue weighted by molar-refractivity contribution is 7.89. The summed E-state index contributed by atoms with van der Waals surface area (Å²) in [7, 11) is -3.63. The Morgan fingerprint density at radius 3 is 2.55 bits per heavy atom. The zero-order chi connectivity index (χ0) is 14.6. The second kappa shape index (κ2) is 6.02. The van der Waals surface area contributed by atoms with E-state index < -0.39 is 10.0 Å². The fourth-order valence-corrected chi connectivity index (χ4v) is 3.05. The molecule has 0 radical (unpaired) electrons. The average molecular weight is 291 g/mol. The molecule has 0 fully saturated rings. The van der Waals surface area contributed by atoms with Gasteiger partial charge in [0.15, 0.2) is 0 Å². The molecule has 20 heavy (non-hydrogen) atoms. The molecular weight excluding hydrogens is 274 g/mol. The van der Waals surface area contributed by atoms with Gasteiger partial charge in [-0.1, -0.05) is 37.3 Å². The van der Waals surface area contributed by atoms with Gasteiger partial charge in [-0.15, -0.1) is 0 Å². The van der Waals surface area contributed by atoms with E-state index in [2.05, 4.69) is 9.71 Å². The van der Waals surface area contributed by atoms with E-state index in [1.165, 1.54) is 12.3 Å². The number of pyridine rings is 1. The molecule has 0 aliphatic rings. The van der Waals surface area contributed by atoms with E-state index in [1.54, 1.807) is 6.07 Å². The summed E-state index contributed by atoms with van der Waals surface area (Å²) in [6.07, 6.45) is 1.46. The zero-order valence-corrected chi connectivity index (χ0v) is 12.0. The fourth-order valence-electron chi connectivity index (χ4n) is 1.84. The Balaban J connectivity index is 2.09. The molecule has 0 bridgehead atoms. The van der Waals surface area contributed by atoms with Crippen LogP contribution in [0.4, 0.5) is 5.82 Å². The Hall–Kier alpha value is -1.92. The molecule has 0 aliphatic carbocycles. The van der Waals surface area contributed by atoms with E-state index in [4.69, 9.17) is 5.73 Å². The first kappa shape index (κ1) is 14.5. The Morgan fingerprint density at radius 1 is 1.20 bits per heavy atom. The first-order valence-corrected chi connectivity index (χ1v) is 7.74. The number of hydrogen-bond donors (Lipinski definition) is 2. The van der Waals surface area contributed by atoms with Crippen molar-refractivity contribution in [2.24, 2.45) is 0 Å². The highest BCUT2D eigenvalue weighted by atomic mass is 32.2. The Bertz CT molecular complexity index is 672. The summed E-state index contributed by atoms with van der Waals surface area (Å²) in [6, 6.07) is 12.7. The molecule has 1 atom stereocenters. The molecule has 0 saturated heterocycles. The normalized spacial score (nSPS) is 13.1. The van der Waals surface area contributed by atoms with Crippen molar-refractivity contribution in [3.63, 3.8) is 0 Å². The third-order valence-electron chi connectivity index (χ3n) is 3.04. The molecule has 1 unspecified atom stereocenters. The van der Waals surface area contributed by atoms with Crippen LogP contribution in [0.2, 0.25) is 0 Å². The first-order chi connectivity index (χ1) is 9.50. The number of sulfonamides is 1. The Kier molecular flexibility index (Phi) is 4.36. The molecule has 106 valence electrons. The molecule has 2 aromatic rings. The van der Waals surface area contributed by atoms with Crippen LogP contribution in [0.25, 0.3) is 0 Å². The number of anilines is 1. The summed E-state index contributed by atoms with van der Waals surface area (Å²) in [6.45, 7) is 2.27. The highest BCUT2D eigenvalue weighted by Gasteiger charge is 2.18.